The highest BCUT2D eigenvalue weighted by atomic mass is 32.1. The van der Waals surface area contributed by atoms with Crippen LogP contribution in [0.4, 0.5) is 0 Å². The Kier molecular flexibility index (Phi) is 3.04. The normalized spacial score (nSPS) is 11.2. The van der Waals surface area contributed by atoms with Crippen molar-refractivity contribution in [3.05, 3.63) is 30.6 Å². The van der Waals surface area contributed by atoms with Gasteiger partial charge in [0.25, 0.3) is 0 Å². The van der Waals surface area contributed by atoms with Crippen LogP contribution in [0.3, 0.4) is 0 Å². The zero-order valence-electron chi connectivity index (χ0n) is 9.91. The first-order valence-electron chi connectivity index (χ1n) is 5.61. The van der Waals surface area contributed by atoms with Crippen LogP contribution in [0.15, 0.2) is 30.6 Å². The van der Waals surface area contributed by atoms with Gasteiger partial charge in [0.2, 0.25) is 0 Å². The molecule has 1 aromatic carbocycles. The van der Waals surface area contributed by atoms with Gasteiger partial charge in [0.05, 0.1) is 31.1 Å². The first-order valence-corrected chi connectivity index (χ1v) is 6.34. The molecular formula is C12H12N4OS. The smallest absolute Gasteiger partial charge is 0.112 e. The molecule has 3 aromatic rings. The molecule has 0 aliphatic carbocycles. The number of aromatic nitrogens is 4. The average Bonchev–Trinajstić information content (AvgIpc) is 3.04. The summed E-state index contributed by atoms with van der Waals surface area (Å²) in [5.41, 5.74) is 4.00. The van der Waals surface area contributed by atoms with E-state index in [0.29, 0.717) is 6.61 Å². The molecule has 0 unspecified atom stereocenters. The van der Waals surface area contributed by atoms with Gasteiger partial charge in [-0.15, -0.1) is 0 Å². The molecule has 18 heavy (non-hydrogen) atoms. The van der Waals surface area contributed by atoms with Crippen molar-refractivity contribution >= 4 is 22.8 Å². The summed E-state index contributed by atoms with van der Waals surface area (Å²) in [7, 11) is 1.69. The third-order valence-electron chi connectivity index (χ3n) is 2.75. The van der Waals surface area contributed by atoms with Crippen molar-refractivity contribution < 1.29 is 4.74 Å². The summed E-state index contributed by atoms with van der Waals surface area (Å²) in [6, 6.07) is 6.00. The lowest BCUT2D eigenvalue weighted by Gasteiger charge is -1.99. The molecule has 92 valence electrons. The Hall–Kier alpha value is -1.79. The molecule has 0 amide bonds. The van der Waals surface area contributed by atoms with Crippen molar-refractivity contribution in [2.24, 2.45) is 0 Å². The van der Waals surface area contributed by atoms with E-state index in [-0.39, 0.29) is 0 Å². The lowest BCUT2D eigenvalue weighted by molar-refractivity contribution is 0.183. The highest BCUT2D eigenvalue weighted by Gasteiger charge is 2.08. The van der Waals surface area contributed by atoms with Gasteiger partial charge in [-0.25, -0.2) is 0 Å². The molecule has 0 saturated carbocycles. The summed E-state index contributed by atoms with van der Waals surface area (Å²) in [4.78, 5) is 0. The van der Waals surface area contributed by atoms with Gasteiger partial charge in [-0.2, -0.15) is 13.8 Å². The highest BCUT2D eigenvalue weighted by Crippen LogP contribution is 2.26. The van der Waals surface area contributed by atoms with E-state index in [1.54, 1.807) is 7.11 Å². The molecule has 2 heterocycles. The lowest BCUT2D eigenvalue weighted by Crippen LogP contribution is -2.03. The van der Waals surface area contributed by atoms with E-state index in [2.05, 4.69) is 13.8 Å². The Morgan fingerprint density at radius 3 is 3.17 bits per heavy atom. The predicted molar refractivity (Wildman–Crippen MR) is 70.5 cm³/mol. The molecule has 0 bridgehead atoms. The number of ether oxygens (including phenoxy) is 1. The number of nitrogens with zero attached hydrogens (tertiary/aromatic N) is 4. The fourth-order valence-electron chi connectivity index (χ4n) is 1.85. The quantitative estimate of drug-likeness (QED) is 0.721. The molecule has 3 rings (SSSR count). The Labute approximate surface area is 108 Å². The molecule has 0 N–H and O–H groups in total. The van der Waals surface area contributed by atoms with Crippen LogP contribution in [0.5, 0.6) is 0 Å². The number of methoxy groups -OCH3 is 1. The summed E-state index contributed by atoms with van der Waals surface area (Å²) in [5, 5.41) is 4.31. The molecule has 0 aliphatic heterocycles. The van der Waals surface area contributed by atoms with E-state index in [1.807, 2.05) is 35.3 Å². The molecule has 0 radical (unpaired) electrons. The highest BCUT2D eigenvalue weighted by molar-refractivity contribution is 7.00. The van der Waals surface area contributed by atoms with Gasteiger partial charge in [-0.05, 0) is 6.07 Å². The second-order valence-electron chi connectivity index (χ2n) is 3.92. The molecule has 0 aliphatic rings. The number of fused-ring (bicyclic) bond motifs is 1. The number of benzene rings is 1. The van der Waals surface area contributed by atoms with Gasteiger partial charge in [0.15, 0.2) is 0 Å². The maximum absolute atomic E-state index is 5.04. The molecule has 6 heteroatoms. The molecular weight excluding hydrogens is 248 g/mol. The predicted octanol–water partition coefficient (Wildman–Crippen LogP) is 2.20. The summed E-state index contributed by atoms with van der Waals surface area (Å²) in [5.74, 6) is 0. The molecule has 0 spiro atoms. The lowest BCUT2D eigenvalue weighted by atomic mass is 10.1. The van der Waals surface area contributed by atoms with Crippen LogP contribution < -0.4 is 0 Å². The minimum Gasteiger partial charge on any atom is -0.383 e. The number of hydrogen-bond acceptors (Lipinski definition) is 5. The van der Waals surface area contributed by atoms with Crippen molar-refractivity contribution in [2.75, 3.05) is 13.7 Å². The second-order valence-corrected chi connectivity index (χ2v) is 4.45. The largest absolute Gasteiger partial charge is 0.383 e. The Morgan fingerprint density at radius 1 is 1.33 bits per heavy atom. The second kappa shape index (κ2) is 4.83. The molecule has 5 nitrogen and oxygen atoms in total. The Balaban J connectivity index is 1.98. The molecule has 2 aromatic heterocycles. The van der Waals surface area contributed by atoms with Gasteiger partial charge in [0, 0.05) is 24.4 Å². The van der Waals surface area contributed by atoms with E-state index in [4.69, 9.17) is 4.74 Å². The van der Waals surface area contributed by atoms with Crippen molar-refractivity contribution in [1.82, 2.24) is 18.5 Å². The minimum atomic E-state index is 0.656. The van der Waals surface area contributed by atoms with E-state index >= 15 is 0 Å². The van der Waals surface area contributed by atoms with Gasteiger partial charge in [0.1, 0.15) is 11.0 Å². The monoisotopic (exact) mass is 260 g/mol. The topological polar surface area (TPSA) is 52.8 Å². The van der Waals surface area contributed by atoms with E-state index in [0.717, 1.165) is 28.7 Å². The summed E-state index contributed by atoms with van der Waals surface area (Å²) < 4.78 is 15.5. The summed E-state index contributed by atoms with van der Waals surface area (Å²) in [6.45, 7) is 1.41. The minimum absolute atomic E-state index is 0.656. The van der Waals surface area contributed by atoms with Crippen LogP contribution in [0.25, 0.3) is 22.2 Å². The molecule has 0 atom stereocenters. The molecule has 0 saturated heterocycles. The van der Waals surface area contributed by atoms with Gasteiger partial charge < -0.3 is 4.74 Å². The van der Waals surface area contributed by atoms with Crippen molar-refractivity contribution in [1.29, 1.82) is 0 Å². The van der Waals surface area contributed by atoms with E-state index < -0.39 is 0 Å². The van der Waals surface area contributed by atoms with Crippen molar-refractivity contribution in [3.8, 4) is 11.1 Å². The first-order chi connectivity index (χ1) is 8.88. The van der Waals surface area contributed by atoms with Crippen LogP contribution in [-0.2, 0) is 11.3 Å². The average molecular weight is 260 g/mol. The zero-order valence-corrected chi connectivity index (χ0v) is 10.7. The van der Waals surface area contributed by atoms with Crippen LogP contribution in [0, 0.1) is 0 Å². The third-order valence-corrected chi connectivity index (χ3v) is 3.30. The van der Waals surface area contributed by atoms with Crippen LogP contribution in [0.1, 0.15) is 0 Å². The Morgan fingerprint density at radius 2 is 2.28 bits per heavy atom. The van der Waals surface area contributed by atoms with E-state index in [1.165, 1.54) is 11.7 Å². The number of hydrogen-bond donors (Lipinski definition) is 0. The van der Waals surface area contributed by atoms with Gasteiger partial charge >= 0.3 is 0 Å². The third kappa shape index (κ3) is 2.00. The standard InChI is InChI=1S/C12H12N4OS/c1-17-6-5-16-8-9(7-13-16)10-3-2-4-11-12(10)15-18-14-11/h2-4,7-8H,5-6H2,1H3. The number of rotatable bonds is 4. The van der Waals surface area contributed by atoms with Crippen LogP contribution in [0.2, 0.25) is 0 Å². The van der Waals surface area contributed by atoms with Crippen LogP contribution >= 0.6 is 11.7 Å². The SMILES string of the molecule is COCCn1cc(-c2cccc3nsnc23)cn1. The van der Waals surface area contributed by atoms with Crippen LogP contribution in [-0.4, -0.2) is 32.2 Å². The van der Waals surface area contributed by atoms with Crippen molar-refractivity contribution in [3.63, 3.8) is 0 Å². The fraction of sp³-hybridized carbons (Fsp3) is 0.250. The zero-order chi connectivity index (χ0) is 12.4. The Bertz CT molecular complexity index is 661. The summed E-state index contributed by atoms with van der Waals surface area (Å²) >= 11 is 1.24. The fourth-order valence-corrected chi connectivity index (χ4v) is 2.40. The maximum Gasteiger partial charge on any atom is 0.112 e. The molecule has 0 fully saturated rings. The van der Waals surface area contributed by atoms with Gasteiger partial charge in [-0.1, -0.05) is 12.1 Å². The van der Waals surface area contributed by atoms with E-state index in [9.17, 15) is 0 Å². The summed E-state index contributed by atoms with van der Waals surface area (Å²) in [6.07, 6.45) is 3.86. The first kappa shape index (κ1) is 11.3. The maximum atomic E-state index is 5.04. The van der Waals surface area contributed by atoms with Crippen molar-refractivity contribution in [2.45, 2.75) is 6.54 Å². The van der Waals surface area contributed by atoms with Gasteiger partial charge in [-0.3, -0.25) is 4.68 Å².